The molecule has 1 aliphatic heterocycles. The third kappa shape index (κ3) is 4.79. The normalized spacial score (nSPS) is 18.0. The summed E-state index contributed by atoms with van der Waals surface area (Å²) in [4.78, 5) is 12.3. The van der Waals surface area contributed by atoms with Crippen molar-refractivity contribution in [3.63, 3.8) is 0 Å². The van der Waals surface area contributed by atoms with Crippen molar-refractivity contribution in [1.29, 1.82) is 0 Å². The van der Waals surface area contributed by atoms with E-state index in [0.29, 0.717) is 23.2 Å². The maximum Gasteiger partial charge on any atom is 0.229 e. The maximum atomic E-state index is 12.3. The van der Waals surface area contributed by atoms with Gasteiger partial charge in [0.05, 0.1) is 30.4 Å². The number of rotatable bonds is 6. The summed E-state index contributed by atoms with van der Waals surface area (Å²) in [6, 6.07) is 7.73. The highest BCUT2D eigenvalue weighted by Crippen LogP contribution is 2.38. The average Bonchev–Trinajstić information content (AvgIpc) is 3.01. The smallest absolute Gasteiger partial charge is 0.229 e. The molecule has 1 aromatic carbocycles. The molecule has 1 aliphatic rings. The Morgan fingerprint density at radius 3 is 2.36 bits per heavy atom. The van der Waals surface area contributed by atoms with Crippen LogP contribution in [0, 0.1) is 12.3 Å². The zero-order valence-electron chi connectivity index (χ0n) is 15.6. The third-order valence-corrected chi connectivity index (χ3v) is 8.57. The third-order valence-electron chi connectivity index (χ3n) is 4.76. The second-order valence-corrected chi connectivity index (χ2v) is 9.40. The van der Waals surface area contributed by atoms with Gasteiger partial charge >= 0.3 is 0 Å². The van der Waals surface area contributed by atoms with E-state index in [-0.39, 0.29) is 17.7 Å². The Bertz CT molecular complexity index is 830. The topological polar surface area (TPSA) is 60.5 Å². The first-order valence-corrected chi connectivity index (χ1v) is 12.1. The van der Waals surface area contributed by atoms with Crippen LogP contribution >= 0.6 is 55.0 Å². The molecule has 2 aromatic rings. The molecule has 2 heterocycles. The van der Waals surface area contributed by atoms with Crippen LogP contribution in [0.2, 0.25) is 5.02 Å². The van der Waals surface area contributed by atoms with Gasteiger partial charge in [-0.05, 0) is 30.9 Å². The molecule has 9 heteroatoms. The summed E-state index contributed by atoms with van der Waals surface area (Å²) >= 11 is 14.4. The Balaban J connectivity index is 1.62. The Kier molecular flexibility index (Phi) is 7.21. The molecule has 1 amide bonds. The van der Waals surface area contributed by atoms with E-state index in [2.05, 4.69) is 41.6 Å². The number of carbonyl (C=O) groups is 1. The van der Waals surface area contributed by atoms with Gasteiger partial charge in [0.15, 0.2) is 5.79 Å². The monoisotopic (exact) mass is 550 g/mol. The maximum absolute atomic E-state index is 12.3. The van der Waals surface area contributed by atoms with Gasteiger partial charge in [-0.15, -0.1) is 0 Å². The number of alkyl halides is 2. The summed E-state index contributed by atoms with van der Waals surface area (Å²) in [5.74, 6) is -0.920. The van der Waals surface area contributed by atoms with E-state index in [0.717, 1.165) is 27.5 Å². The number of hydrogen-bond acceptors (Lipinski definition) is 5. The fraction of sp³-hybridized carbons (Fsp3) is 0.474. The summed E-state index contributed by atoms with van der Waals surface area (Å²) in [5, 5.41) is 5.50. The molecule has 0 radical (unpaired) electrons. The average molecular weight is 553 g/mol. The van der Waals surface area contributed by atoms with Crippen LogP contribution in [-0.4, -0.2) is 34.2 Å². The van der Waals surface area contributed by atoms with E-state index in [1.807, 2.05) is 38.1 Å². The van der Waals surface area contributed by atoms with Crippen LogP contribution in [0.15, 0.2) is 24.3 Å². The molecule has 0 saturated carbocycles. The molecule has 0 bridgehead atoms. The van der Waals surface area contributed by atoms with Gasteiger partial charge in [-0.1, -0.05) is 67.7 Å². The van der Waals surface area contributed by atoms with Gasteiger partial charge in [0, 0.05) is 21.6 Å². The fourth-order valence-electron chi connectivity index (χ4n) is 2.74. The summed E-state index contributed by atoms with van der Waals surface area (Å²) in [5.41, 5.74) is 2.48. The summed E-state index contributed by atoms with van der Waals surface area (Å²) in [6.45, 7) is 4.93. The van der Waals surface area contributed by atoms with E-state index < -0.39 is 5.79 Å². The van der Waals surface area contributed by atoms with Crippen molar-refractivity contribution in [2.75, 3.05) is 29.2 Å². The number of nitrogens with zero attached hydrogens (tertiary/aromatic N) is 1. The minimum atomic E-state index is -0.789. The number of benzene rings is 1. The van der Waals surface area contributed by atoms with Gasteiger partial charge in [0.1, 0.15) is 5.00 Å². The zero-order valence-corrected chi connectivity index (χ0v) is 20.3. The number of halogens is 3. The van der Waals surface area contributed by atoms with Crippen LogP contribution in [0.1, 0.15) is 23.7 Å². The van der Waals surface area contributed by atoms with Crippen LogP contribution < -0.4 is 5.32 Å². The van der Waals surface area contributed by atoms with Gasteiger partial charge in [-0.25, -0.2) is 0 Å². The van der Waals surface area contributed by atoms with Crippen molar-refractivity contribution in [3.8, 4) is 0 Å². The standard InChI is InChI=1S/C19H21Br2ClN2O3S/c1-12-16(22)17(28-24-12)23-15(25)7-13-3-5-14(6-4-13)18(2)26-10-19(8-20,9-21)11-27-18/h3-6H,7-11H2,1-2H3,(H,23,25). The minimum absolute atomic E-state index is 0.0617. The van der Waals surface area contributed by atoms with E-state index in [1.54, 1.807) is 0 Å². The number of amides is 1. The molecule has 152 valence electrons. The molecule has 0 aliphatic carbocycles. The predicted molar refractivity (Wildman–Crippen MR) is 120 cm³/mol. The molecular formula is C19H21Br2ClN2O3S. The Morgan fingerprint density at radius 1 is 1.25 bits per heavy atom. The van der Waals surface area contributed by atoms with Gasteiger partial charge in [0.2, 0.25) is 5.91 Å². The summed E-state index contributed by atoms with van der Waals surface area (Å²) < 4.78 is 16.3. The van der Waals surface area contributed by atoms with Crippen molar-refractivity contribution in [3.05, 3.63) is 46.1 Å². The largest absolute Gasteiger partial charge is 0.345 e. The van der Waals surface area contributed by atoms with Gasteiger partial charge in [-0.2, -0.15) is 4.37 Å². The first kappa shape index (κ1) is 22.2. The van der Waals surface area contributed by atoms with Crippen LogP contribution in [0.5, 0.6) is 0 Å². The molecule has 1 fully saturated rings. The van der Waals surface area contributed by atoms with E-state index in [9.17, 15) is 4.79 Å². The van der Waals surface area contributed by atoms with Crippen molar-refractivity contribution in [1.82, 2.24) is 4.37 Å². The molecule has 1 N–H and O–H groups in total. The van der Waals surface area contributed by atoms with Crippen molar-refractivity contribution < 1.29 is 14.3 Å². The first-order chi connectivity index (χ1) is 13.3. The number of nitrogens with one attached hydrogen (secondary N) is 1. The van der Waals surface area contributed by atoms with Crippen LogP contribution in [0.4, 0.5) is 5.00 Å². The van der Waals surface area contributed by atoms with Crippen LogP contribution in [0.3, 0.4) is 0 Å². The fourth-order valence-corrected chi connectivity index (χ4v) is 5.27. The molecule has 0 unspecified atom stereocenters. The van der Waals surface area contributed by atoms with Gasteiger partial charge in [-0.3, -0.25) is 4.79 Å². The van der Waals surface area contributed by atoms with Gasteiger partial charge in [0.25, 0.3) is 0 Å². The lowest BCUT2D eigenvalue weighted by atomic mass is 9.93. The molecule has 0 spiro atoms. The number of aryl methyl sites for hydroxylation is 1. The summed E-state index contributed by atoms with van der Waals surface area (Å²) in [7, 11) is 0. The second kappa shape index (κ2) is 9.10. The molecule has 0 atom stereocenters. The van der Waals surface area contributed by atoms with E-state index >= 15 is 0 Å². The van der Waals surface area contributed by atoms with Crippen LogP contribution in [-0.2, 0) is 26.5 Å². The highest BCUT2D eigenvalue weighted by atomic mass is 79.9. The number of anilines is 1. The Labute approximate surface area is 190 Å². The molecule has 1 aromatic heterocycles. The number of hydrogen-bond donors (Lipinski definition) is 1. The van der Waals surface area contributed by atoms with E-state index in [4.69, 9.17) is 21.1 Å². The first-order valence-electron chi connectivity index (χ1n) is 8.72. The second-order valence-electron chi connectivity index (χ2n) is 7.12. The SMILES string of the molecule is Cc1nsc(NC(=O)Cc2ccc(C3(C)OCC(CBr)(CBr)CO3)cc2)c1Cl. The molecule has 28 heavy (non-hydrogen) atoms. The predicted octanol–water partition coefficient (Wildman–Crippen LogP) is 5.28. The number of carbonyl (C=O) groups excluding carboxylic acids is 1. The molecule has 3 rings (SSSR count). The zero-order chi connectivity index (χ0) is 20.4. The lowest BCUT2D eigenvalue weighted by Gasteiger charge is -2.43. The lowest BCUT2D eigenvalue weighted by molar-refractivity contribution is -0.296. The summed E-state index contributed by atoms with van der Waals surface area (Å²) in [6.07, 6.45) is 0.252. The molecular weight excluding hydrogens is 532 g/mol. The quantitative estimate of drug-likeness (QED) is 0.496. The van der Waals surface area contributed by atoms with Gasteiger partial charge < -0.3 is 14.8 Å². The van der Waals surface area contributed by atoms with Crippen molar-refractivity contribution in [2.45, 2.75) is 26.1 Å². The Morgan fingerprint density at radius 2 is 1.86 bits per heavy atom. The van der Waals surface area contributed by atoms with E-state index in [1.165, 1.54) is 11.5 Å². The number of aromatic nitrogens is 1. The van der Waals surface area contributed by atoms with Crippen molar-refractivity contribution >= 4 is 65.9 Å². The highest BCUT2D eigenvalue weighted by molar-refractivity contribution is 9.09. The molecule has 1 saturated heterocycles. The number of ether oxygens (including phenoxy) is 2. The molecule has 5 nitrogen and oxygen atoms in total. The Hall–Kier alpha value is -0.510. The van der Waals surface area contributed by atoms with Crippen LogP contribution in [0.25, 0.3) is 0 Å². The van der Waals surface area contributed by atoms with Crippen molar-refractivity contribution in [2.24, 2.45) is 5.41 Å². The highest BCUT2D eigenvalue weighted by Gasteiger charge is 2.42. The minimum Gasteiger partial charge on any atom is -0.345 e. The lowest BCUT2D eigenvalue weighted by Crippen LogP contribution is -2.48.